The highest BCUT2D eigenvalue weighted by Crippen LogP contribution is 2.10. The van der Waals surface area contributed by atoms with Crippen molar-refractivity contribution in [2.75, 3.05) is 13.1 Å². The fourth-order valence-corrected chi connectivity index (χ4v) is 1.76. The van der Waals surface area contributed by atoms with E-state index >= 15 is 0 Å². The van der Waals surface area contributed by atoms with Gasteiger partial charge in [-0.3, -0.25) is 19.9 Å². The molecule has 2 unspecified atom stereocenters. The molecule has 4 N–H and O–H groups in total. The summed E-state index contributed by atoms with van der Waals surface area (Å²) < 4.78 is 0. The van der Waals surface area contributed by atoms with Gasteiger partial charge in [0.05, 0.1) is 12.5 Å². The molecule has 0 aliphatic carbocycles. The number of hydrogen-bond acceptors (Lipinski definition) is 4. The number of hydrogen-bond donors (Lipinski definition) is 3. The number of carbonyl (C=O) groups is 2. The summed E-state index contributed by atoms with van der Waals surface area (Å²) in [6.07, 6.45) is 0. The van der Waals surface area contributed by atoms with Gasteiger partial charge in [-0.25, -0.2) is 5.84 Å². The van der Waals surface area contributed by atoms with E-state index in [2.05, 4.69) is 10.7 Å². The zero-order valence-corrected chi connectivity index (χ0v) is 12.0. The van der Waals surface area contributed by atoms with Crippen LogP contribution in [-0.4, -0.2) is 41.9 Å². The molecule has 0 spiro atoms. The maximum absolute atomic E-state index is 11.7. The zero-order valence-electron chi connectivity index (χ0n) is 12.0. The van der Waals surface area contributed by atoms with Crippen molar-refractivity contribution < 1.29 is 9.59 Å². The second-order valence-electron chi connectivity index (χ2n) is 4.82. The summed E-state index contributed by atoms with van der Waals surface area (Å²) in [6, 6.07) is 0.0766. The van der Waals surface area contributed by atoms with Crippen molar-refractivity contribution in [1.29, 1.82) is 0 Å². The molecule has 0 aromatic heterocycles. The summed E-state index contributed by atoms with van der Waals surface area (Å²) in [5.41, 5.74) is 2.14. The molecule has 0 aliphatic rings. The van der Waals surface area contributed by atoms with Gasteiger partial charge >= 0.3 is 0 Å². The standard InChI is InChI=1S/C12H26N4O2/c1-6-16(7-11(17)14-8(2)3)10(5)9(4)12(18)15-13/h8-10H,6-7,13H2,1-5H3,(H,14,17)(H,15,18). The number of amides is 2. The summed E-state index contributed by atoms with van der Waals surface area (Å²) in [6.45, 7) is 10.5. The van der Waals surface area contributed by atoms with E-state index in [9.17, 15) is 9.59 Å². The van der Waals surface area contributed by atoms with Gasteiger partial charge in [-0.05, 0) is 27.3 Å². The molecule has 6 nitrogen and oxygen atoms in total. The molecule has 2 atom stereocenters. The summed E-state index contributed by atoms with van der Waals surface area (Å²) >= 11 is 0. The maximum Gasteiger partial charge on any atom is 0.238 e. The van der Waals surface area contributed by atoms with E-state index in [1.165, 1.54) is 0 Å². The molecule has 0 bridgehead atoms. The SMILES string of the molecule is CCN(CC(=O)NC(C)C)C(C)C(C)C(=O)NN. The molecule has 2 amide bonds. The number of nitrogens with zero attached hydrogens (tertiary/aromatic N) is 1. The smallest absolute Gasteiger partial charge is 0.238 e. The van der Waals surface area contributed by atoms with Crippen LogP contribution in [0.4, 0.5) is 0 Å². The Morgan fingerprint density at radius 1 is 1.22 bits per heavy atom. The van der Waals surface area contributed by atoms with Crippen molar-refractivity contribution in [2.24, 2.45) is 11.8 Å². The summed E-state index contributed by atoms with van der Waals surface area (Å²) in [4.78, 5) is 25.1. The second kappa shape index (κ2) is 8.05. The number of hydrazine groups is 1. The van der Waals surface area contributed by atoms with Crippen LogP contribution in [0.5, 0.6) is 0 Å². The first kappa shape index (κ1) is 16.9. The third-order valence-electron chi connectivity index (χ3n) is 3.06. The number of nitrogens with one attached hydrogen (secondary N) is 2. The van der Waals surface area contributed by atoms with E-state index in [4.69, 9.17) is 5.84 Å². The van der Waals surface area contributed by atoms with E-state index in [1.807, 2.05) is 32.6 Å². The second-order valence-corrected chi connectivity index (χ2v) is 4.82. The molecule has 18 heavy (non-hydrogen) atoms. The molecule has 106 valence electrons. The van der Waals surface area contributed by atoms with Crippen molar-refractivity contribution in [1.82, 2.24) is 15.6 Å². The van der Waals surface area contributed by atoms with Crippen LogP contribution in [0.2, 0.25) is 0 Å². The van der Waals surface area contributed by atoms with Crippen LogP contribution in [0.1, 0.15) is 34.6 Å². The van der Waals surface area contributed by atoms with Gasteiger partial charge in [-0.15, -0.1) is 0 Å². The lowest BCUT2D eigenvalue weighted by atomic mass is 10.0. The lowest BCUT2D eigenvalue weighted by Gasteiger charge is -2.31. The first-order valence-electron chi connectivity index (χ1n) is 6.37. The Hall–Kier alpha value is -1.14. The maximum atomic E-state index is 11.7. The minimum Gasteiger partial charge on any atom is -0.353 e. The molecule has 0 saturated carbocycles. The number of carbonyl (C=O) groups excluding carboxylic acids is 2. The fourth-order valence-electron chi connectivity index (χ4n) is 1.76. The Labute approximate surface area is 109 Å². The topological polar surface area (TPSA) is 87.5 Å². The van der Waals surface area contributed by atoms with E-state index in [1.54, 1.807) is 6.92 Å². The average molecular weight is 258 g/mol. The molecule has 0 fully saturated rings. The van der Waals surface area contributed by atoms with Gasteiger partial charge in [-0.2, -0.15) is 0 Å². The Balaban J connectivity index is 4.48. The predicted molar refractivity (Wildman–Crippen MR) is 71.5 cm³/mol. The number of likely N-dealkylation sites (N-methyl/N-ethyl adjacent to an activating group) is 1. The van der Waals surface area contributed by atoms with E-state index < -0.39 is 0 Å². The van der Waals surface area contributed by atoms with Crippen LogP contribution in [0.15, 0.2) is 0 Å². The molecule has 0 rings (SSSR count). The molecule has 0 radical (unpaired) electrons. The Kier molecular flexibility index (Phi) is 7.54. The van der Waals surface area contributed by atoms with Crippen molar-refractivity contribution in [2.45, 2.75) is 46.7 Å². The predicted octanol–water partition coefficient (Wildman–Crippen LogP) is -0.153. The van der Waals surface area contributed by atoms with Crippen LogP contribution in [0.3, 0.4) is 0 Å². The van der Waals surface area contributed by atoms with E-state index in [0.717, 1.165) is 0 Å². The quantitative estimate of drug-likeness (QED) is 0.336. The van der Waals surface area contributed by atoms with Crippen molar-refractivity contribution in [3.05, 3.63) is 0 Å². The normalized spacial score (nSPS) is 14.4. The first-order chi connectivity index (χ1) is 8.33. The Morgan fingerprint density at radius 2 is 1.78 bits per heavy atom. The zero-order chi connectivity index (χ0) is 14.3. The molecule has 0 saturated heterocycles. The summed E-state index contributed by atoms with van der Waals surface area (Å²) in [5, 5.41) is 2.84. The van der Waals surface area contributed by atoms with Gasteiger partial charge in [0.1, 0.15) is 0 Å². The van der Waals surface area contributed by atoms with Crippen LogP contribution in [0.25, 0.3) is 0 Å². The highest BCUT2D eigenvalue weighted by Gasteiger charge is 2.25. The number of nitrogens with two attached hydrogens (primary N) is 1. The fraction of sp³-hybridized carbons (Fsp3) is 0.833. The summed E-state index contributed by atoms with van der Waals surface area (Å²) in [7, 11) is 0. The highest BCUT2D eigenvalue weighted by atomic mass is 16.2. The van der Waals surface area contributed by atoms with Crippen LogP contribution in [-0.2, 0) is 9.59 Å². The van der Waals surface area contributed by atoms with Gasteiger partial charge in [0.15, 0.2) is 0 Å². The molecular weight excluding hydrogens is 232 g/mol. The molecular formula is C12H26N4O2. The van der Waals surface area contributed by atoms with E-state index in [-0.39, 0.29) is 36.4 Å². The van der Waals surface area contributed by atoms with Crippen molar-refractivity contribution >= 4 is 11.8 Å². The third-order valence-corrected chi connectivity index (χ3v) is 3.06. The van der Waals surface area contributed by atoms with E-state index in [0.29, 0.717) is 6.54 Å². The lowest BCUT2D eigenvalue weighted by Crippen LogP contribution is -2.49. The van der Waals surface area contributed by atoms with Gasteiger partial charge in [0, 0.05) is 12.1 Å². The van der Waals surface area contributed by atoms with Gasteiger partial charge in [-0.1, -0.05) is 13.8 Å². The third kappa shape index (κ3) is 5.46. The minimum absolute atomic E-state index is 0.0287. The lowest BCUT2D eigenvalue weighted by molar-refractivity contribution is -0.129. The van der Waals surface area contributed by atoms with Crippen LogP contribution in [0, 0.1) is 5.92 Å². The molecule has 0 aromatic rings. The van der Waals surface area contributed by atoms with Gasteiger partial charge in [0.2, 0.25) is 11.8 Å². The molecule has 0 heterocycles. The number of rotatable bonds is 7. The minimum atomic E-state index is -0.262. The Bertz CT molecular complexity index is 281. The largest absolute Gasteiger partial charge is 0.353 e. The van der Waals surface area contributed by atoms with Gasteiger partial charge < -0.3 is 5.32 Å². The Morgan fingerprint density at radius 3 is 2.17 bits per heavy atom. The first-order valence-corrected chi connectivity index (χ1v) is 6.37. The highest BCUT2D eigenvalue weighted by molar-refractivity contribution is 5.79. The van der Waals surface area contributed by atoms with Gasteiger partial charge in [0.25, 0.3) is 0 Å². The van der Waals surface area contributed by atoms with Crippen molar-refractivity contribution in [3.63, 3.8) is 0 Å². The van der Waals surface area contributed by atoms with Crippen LogP contribution >= 0.6 is 0 Å². The van der Waals surface area contributed by atoms with Crippen molar-refractivity contribution in [3.8, 4) is 0 Å². The molecule has 0 aliphatic heterocycles. The average Bonchev–Trinajstić information content (AvgIpc) is 2.32. The molecule has 6 heteroatoms. The monoisotopic (exact) mass is 258 g/mol. The summed E-state index contributed by atoms with van der Waals surface area (Å²) in [5.74, 6) is 4.61. The molecule has 0 aromatic carbocycles. The van der Waals surface area contributed by atoms with Crippen LogP contribution < -0.4 is 16.6 Å².